The molecule has 3 amide bonds. The van der Waals surface area contributed by atoms with Crippen molar-refractivity contribution in [2.75, 3.05) is 37.2 Å². The first-order valence-electron chi connectivity index (χ1n) is 16.7. The minimum Gasteiger partial charge on any atom is -0.382 e. The van der Waals surface area contributed by atoms with Gasteiger partial charge < -0.3 is 31.2 Å². The number of nitrogens with zero attached hydrogens (tertiary/aromatic N) is 2. The molecule has 6 rings (SSSR count). The number of primary amides is 1. The number of benzene rings is 1. The molecule has 2 aliphatic carbocycles. The molecule has 1 aromatic heterocycles. The van der Waals surface area contributed by atoms with E-state index in [1.54, 1.807) is 6.07 Å². The third kappa shape index (κ3) is 7.13. The van der Waals surface area contributed by atoms with E-state index >= 15 is 4.39 Å². The van der Waals surface area contributed by atoms with Gasteiger partial charge in [0.15, 0.2) is 9.84 Å². The van der Waals surface area contributed by atoms with Gasteiger partial charge in [0.1, 0.15) is 5.82 Å². The first kappa shape index (κ1) is 33.6. The van der Waals surface area contributed by atoms with E-state index in [4.69, 9.17) is 5.73 Å². The number of nitrogens with one attached hydrogen (secondary N) is 3. The lowest BCUT2D eigenvalue weighted by Crippen LogP contribution is -2.47. The Morgan fingerprint density at radius 3 is 2.38 bits per heavy atom. The highest BCUT2D eigenvalue weighted by Gasteiger charge is 2.43. The Morgan fingerprint density at radius 2 is 1.70 bits per heavy atom. The van der Waals surface area contributed by atoms with Gasteiger partial charge in [0, 0.05) is 62.5 Å². The summed E-state index contributed by atoms with van der Waals surface area (Å²) < 4.78 is 71.2. The fourth-order valence-electron chi connectivity index (χ4n) is 7.94. The number of rotatable bonds is 8. The number of carbonyl (C=O) groups excluding carboxylic acids is 2. The largest absolute Gasteiger partial charge is 0.382 e. The Labute approximate surface area is 273 Å². The Kier molecular flexibility index (Phi) is 9.05. The minimum atomic E-state index is -3.52. The van der Waals surface area contributed by atoms with Gasteiger partial charge in [-0.3, -0.25) is 4.79 Å². The number of aromatic nitrogens is 1. The molecule has 2 fully saturated rings. The van der Waals surface area contributed by atoms with Crippen LogP contribution in [-0.2, 0) is 29.1 Å². The second-order valence-corrected chi connectivity index (χ2v) is 16.4. The Bertz CT molecular complexity index is 1660. The maximum atomic E-state index is 15.7. The monoisotopic (exact) mass is 678 g/mol. The summed E-state index contributed by atoms with van der Waals surface area (Å²) >= 11 is 0. The van der Waals surface area contributed by atoms with E-state index < -0.39 is 32.9 Å². The van der Waals surface area contributed by atoms with Gasteiger partial charge in [0.05, 0.1) is 27.6 Å². The number of sulfone groups is 1. The molecule has 3 heterocycles. The standard InChI is InChI=1S/C33H45F3N6O4S/c1-32(2)18-27-29(47(45,46)19-32)23-4-3-5-26(23)42(27)22-16-24(34)28(30(37)43)25(17-22)39-20-6-8-21(9-7-20)40-31(44)38-12-15-41-13-10-33(35,36)11-14-41/h16-17,20-21,39H,3-15,18-19H2,1-2H3,(H2,37,43)(H2,38,40,44)/t20-,21-. The zero-order valence-corrected chi connectivity index (χ0v) is 27.9. The van der Waals surface area contributed by atoms with Crippen molar-refractivity contribution in [1.29, 1.82) is 0 Å². The molecule has 0 unspecified atom stereocenters. The molecule has 10 nitrogen and oxygen atoms in total. The van der Waals surface area contributed by atoms with Crippen LogP contribution in [0.4, 0.5) is 23.7 Å². The zero-order chi connectivity index (χ0) is 33.7. The van der Waals surface area contributed by atoms with Crippen molar-refractivity contribution in [3.8, 4) is 5.69 Å². The predicted octanol–water partition coefficient (Wildman–Crippen LogP) is 4.31. The summed E-state index contributed by atoms with van der Waals surface area (Å²) in [6, 6.07) is 2.50. The number of hydrogen-bond donors (Lipinski definition) is 4. The number of piperidine rings is 1. The van der Waals surface area contributed by atoms with E-state index in [2.05, 4.69) is 16.0 Å². The van der Waals surface area contributed by atoms with Gasteiger partial charge >= 0.3 is 6.03 Å². The molecule has 4 aliphatic rings. The molecular formula is C33H45F3N6O4S. The van der Waals surface area contributed by atoms with Gasteiger partial charge in [0.25, 0.3) is 11.8 Å². The molecule has 1 aromatic carbocycles. The van der Waals surface area contributed by atoms with Crippen LogP contribution in [0.2, 0.25) is 0 Å². The van der Waals surface area contributed by atoms with E-state index in [1.807, 2.05) is 23.3 Å². The summed E-state index contributed by atoms with van der Waals surface area (Å²) in [6.45, 7) is 5.36. The number of fused-ring (bicyclic) bond motifs is 3. The van der Waals surface area contributed by atoms with Crippen LogP contribution in [0, 0.1) is 11.2 Å². The summed E-state index contributed by atoms with van der Waals surface area (Å²) in [6.07, 6.45) is 4.99. The summed E-state index contributed by atoms with van der Waals surface area (Å²) in [5.74, 6) is -4.20. The first-order valence-corrected chi connectivity index (χ1v) is 18.3. The molecular weight excluding hydrogens is 633 g/mol. The van der Waals surface area contributed by atoms with E-state index in [-0.39, 0.29) is 48.0 Å². The molecule has 0 radical (unpaired) electrons. The molecule has 258 valence electrons. The second-order valence-electron chi connectivity index (χ2n) is 14.5. The van der Waals surface area contributed by atoms with E-state index in [1.165, 1.54) is 6.07 Å². The smallest absolute Gasteiger partial charge is 0.315 e. The third-order valence-corrected chi connectivity index (χ3v) is 12.4. The number of alkyl halides is 2. The molecule has 1 saturated carbocycles. The fourth-order valence-corrected chi connectivity index (χ4v) is 10.3. The average molecular weight is 679 g/mol. The van der Waals surface area contributed by atoms with Crippen LogP contribution < -0.4 is 21.7 Å². The lowest BCUT2D eigenvalue weighted by atomic mass is 9.89. The van der Waals surface area contributed by atoms with Crippen molar-refractivity contribution in [1.82, 2.24) is 20.1 Å². The molecule has 47 heavy (non-hydrogen) atoms. The Hall–Kier alpha value is -3.26. The van der Waals surface area contributed by atoms with Gasteiger partial charge in [-0.2, -0.15) is 0 Å². The normalized spacial score (nSPS) is 24.6. The number of likely N-dealkylation sites (tertiary alicyclic amines) is 1. The topological polar surface area (TPSA) is 139 Å². The average Bonchev–Trinajstić information content (AvgIpc) is 3.53. The second kappa shape index (κ2) is 12.6. The molecule has 0 bridgehead atoms. The number of amides is 3. The maximum Gasteiger partial charge on any atom is 0.315 e. The summed E-state index contributed by atoms with van der Waals surface area (Å²) in [5.41, 5.74) is 8.04. The molecule has 0 spiro atoms. The highest BCUT2D eigenvalue weighted by molar-refractivity contribution is 7.91. The van der Waals surface area contributed by atoms with Crippen LogP contribution in [-0.4, -0.2) is 79.8 Å². The Balaban J connectivity index is 1.13. The zero-order valence-electron chi connectivity index (χ0n) is 27.1. The number of carbonyl (C=O) groups is 2. The van der Waals surface area contributed by atoms with Crippen molar-refractivity contribution >= 4 is 27.5 Å². The first-order chi connectivity index (χ1) is 22.1. The number of anilines is 1. The Morgan fingerprint density at radius 1 is 1.02 bits per heavy atom. The van der Waals surface area contributed by atoms with Crippen LogP contribution >= 0.6 is 0 Å². The van der Waals surface area contributed by atoms with E-state index in [0.29, 0.717) is 87.4 Å². The predicted molar refractivity (Wildman–Crippen MR) is 173 cm³/mol. The van der Waals surface area contributed by atoms with E-state index in [0.717, 1.165) is 17.7 Å². The lowest BCUT2D eigenvalue weighted by Gasteiger charge is -2.32. The van der Waals surface area contributed by atoms with Gasteiger partial charge in [-0.05, 0) is 74.5 Å². The van der Waals surface area contributed by atoms with Crippen LogP contribution in [0.15, 0.2) is 17.0 Å². The highest BCUT2D eigenvalue weighted by atomic mass is 32.2. The molecule has 0 atom stereocenters. The molecule has 1 saturated heterocycles. The van der Waals surface area contributed by atoms with Crippen LogP contribution in [0.3, 0.4) is 0 Å². The van der Waals surface area contributed by atoms with Gasteiger partial charge in [-0.15, -0.1) is 0 Å². The highest BCUT2D eigenvalue weighted by Crippen LogP contribution is 2.45. The number of hydrogen-bond acceptors (Lipinski definition) is 6. The number of urea groups is 1. The van der Waals surface area contributed by atoms with Crippen molar-refractivity contribution in [3.05, 3.63) is 40.5 Å². The third-order valence-electron chi connectivity index (χ3n) is 10.1. The van der Waals surface area contributed by atoms with Crippen molar-refractivity contribution < 1.29 is 31.2 Å². The number of halogens is 3. The molecule has 2 aliphatic heterocycles. The van der Waals surface area contributed by atoms with Gasteiger partial charge in [-0.25, -0.2) is 26.4 Å². The molecule has 2 aromatic rings. The fraction of sp³-hybridized carbons (Fsp3) is 0.636. The van der Waals surface area contributed by atoms with Crippen molar-refractivity contribution in [2.45, 2.75) is 101 Å². The summed E-state index contributed by atoms with van der Waals surface area (Å²) in [7, 11) is -3.52. The van der Waals surface area contributed by atoms with Crippen LogP contribution in [0.5, 0.6) is 0 Å². The SMILES string of the molecule is CC1(C)Cc2c(c3c(n2-c2cc(F)c(C(N)=O)c(N[C@H]4CC[C@H](NC(=O)NCCN5CCC(F)(F)CC5)CC4)c2)CCC3)S(=O)(=O)C1. The van der Waals surface area contributed by atoms with Gasteiger partial charge in [0.2, 0.25) is 0 Å². The summed E-state index contributed by atoms with van der Waals surface area (Å²) in [5, 5.41) is 9.14. The van der Waals surface area contributed by atoms with Crippen molar-refractivity contribution in [2.24, 2.45) is 11.1 Å². The maximum absolute atomic E-state index is 15.7. The summed E-state index contributed by atoms with van der Waals surface area (Å²) in [4.78, 5) is 27.2. The quantitative estimate of drug-likeness (QED) is 0.328. The van der Waals surface area contributed by atoms with Gasteiger partial charge in [-0.1, -0.05) is 13.8 Å². The van der Waals surface area contributed by atoms with Crippen LogP contribution in [0.1, 0.15) is 86.1 Å². The molecule has 5 N–H and O–H groups in total. The van der Waals surface area contributed by atoms with E-state index in [9.17, 15) is 26.8 Å². The number of nitrogens with two attached hydrogens (primary N) is 1. The lowest BCUT2D eigenvalue weighted by molar-refractivity contribution is -0.0546. The van der Waals surface area contributed by atoms with Crippen LogP contribution in [0.25, 0.3) is 5.69 Å². The minimum absolute atomic E-state index is 0.0623. The molecule has 14 heteroatoms. The van der Waals surface area contributed by atoms with Crippen molar-refractivity contribution in [3.63, 3.8) is 0 Å².